The first-order valence-corrected chi connectivity index (χ1v) is 12.4. The van der Waals surface area contributed by atoms with E-state index in [-0.39, 0.29) is 34.8 Å². The molecule has 0 amide bonds. The van der Waals surface area contributed by atoms with Crippen LogP contribution in [0.4, 0.5) is 18.9 Å². The van der Waals surface area contributed by atoms with Crippen molar-refractivity contribution in [3.05, 3.63) is 128 Å². The first-order valence-electron chi connectivity index (χ1n) is 12.4. The zero-order chi connectivity index (χ0) is 29.9. The number of non-ortho nitro benzene ring substituents is 1. The van der Waals surface area contributed by atoms with Crippen molar-refractivity contribution in [3.63, 3.8) is 0 Å². The lowest BCUT2D eigenvalue weighted by molar-refractivity contribution is -0.384. The Balaban J connectivity index is 1.57. The fraction of sp³-hybridized carbons (Fsp3) is 0.100. The standard InChI is InChI=1S/C30H21F3N4O5/c1-41-26-11-5-7-21(27(26)42-18-19-12-14-23(15-13-19)37(39)40)17-34-36-28(20-6-4-8-22(16-20)30(31,32)33)35-25-10-3-2-9-24(25)29(36)38/h2-17H,18H2,1H3. The molecule has 0 aliphatic heterocycles. The van der Waals surface area contributed by atoms with Crippen LogP contribution in [0.15, 0.2) is 101 Å². The van der Waals surface area contributed by atoms with Gasteiger partial charge >= 0.3 is 6.18 Å². The van der Waals surface area contributed by atoms with E-state index in [0.717, 1.165) is 16.8 Å². The van der Waals surface area contributed by atoms with E-state index in [9.17, 15) is 28.1 Å². The van der Waals surface area contributed by atoms with Crippen LogP contribution in [0, 0.1) is 10.1 Å². The number of alkyl halides is 3. The number of methoxy groups -OCH3 is 1. The smallest absolute Gasteiger partial charge is 0.416 e. The van der Waals surface area contributed by atoms with Gasteiger partial charge < -0.3 is 9.47 Å². The molecule has 0 N–H and O–H groups in total. The van der Waals surface area contributed by atoms with Crippen LogP contribution in [-0.4, -0.2) is 27.9 Å². The number of para-hydroxylation sites is 2. The maximum Gasteiger partial charge on any atom is 0.416 e. The van der Waals surface area contributed by atoms with Crippen molar-refractivity contribution in [2.75, 3.05) is 7.11 Å². The van der Waals surface area contributed by atoms with E-state index < -0.39 is 22.2 Å². The molecule has 0 atom stereocenters. The van der Waals surface area contributed by atoms with Gasteiger partial charge in [-0.05, 0) is 54.1 Å². The van der Waals surface area contributed by atoms with Gasteiger partial charge in [0.05, 0.1) is 34.7 Å². The third-order valence-electron chi connectivity index (χ3n) is 6.27. The molecule has 4 aromatic carbocycles. The van der Waals surface area contributed by atoms with E-state index in [4.69, 9.17) is 9.47 Å². The van der Waals surface area contributed by atoms with Gasteiger partial charge in [-0.1, -0.05) is 30.3 Å². The monoisotopic (exact) mass is 574 g/mol. The van der Waals surface area contributed by atoms with E-state index in [1.165, 1.54) is 37.6 Å². The molecule has 12 heteroatoms. The maximum absolute atomic E-state index is 13.5. The molecule has 0 radical (unpaired) electrons. The number of nitrogens with zero attached hydrogens (tertiary/aromatic N) is 4. The minimum atomic E-state index is -4.60. The highest BCUT2D eigenvalue weighted by atomic mass is 19.4. The van der Waals surface area contributed by atoms with E-state index in [2.05, 4.69) is 10.1 Å². The molecule has 0 saturated heterocycles. The lowest BCUT2D eigenvalue weighted by Crippen LogP contribution is -2.20. The van der Waals surface area contributed by atoms with Gasteiger partial charge in [0.15, 0.2) is 17.3 Å². The molecule has 0 saturated carbocycles. The first-order chi connectivity index (χ1) is 20.2. The molecule has 5 rings (SSSR count). The SMILES string of the molecule is COc1cccc(C=Nn2c(-c3cccc(C(F)(F)F)c3)nc3ccccc3c2=O)c1OCc1ccc([N+](=O)[O-])cc1. The van der Waals surface area contributed by atoms with Crippen molar-refractivity contribution in [3.8, 4) is 22.9 Å². The van der Waals surface area contributed by atoms with Gasteiger partial charge in [0.2, 0.25) is 0 Å². The molecular weight excluding hydrogens is 553 g/mol. The summed E-state index contributed by atoms with van der Waals surface area (Å²) in [6.45, 7) is 0.0339. The number of ether oxygens (including phenoxy) is 2. The molecule has 0 aliphatic carbocycles. The zero-order valence-electron chi connectivity index (χ0n) is 21.9. The quantitative estimate of drug-likeness (QED) is 0.120. The number of rotatable bonds is 8. The lowest BCUT2D eigenvalue weighted by Gasteiger charge is -2.14. The van der Waals surface area contributed by atoms with Crippen LogP contribution in [0.3, 0.4) is 0 Å². The third-order valence-corrected chi connectivity index (χ3v) is 6.27. The van der Waals surface area contributed by atoms with Gasteiger partial charge in [-0.25, -0.2) is 4.98 Å². The summed E-state index contributed by atoms with van der Waals surface area (Å²) in [6, 6.07) is 21.8. The van der Waals surface area contributed by atoms with Crippen molar-refractivity contribution in [1.29, 1.82) is 0 Å². The molecule has 1 aromatic heterocycles. The number of halogens is 3. The summed E-state index contributed by atoms with van der Waals surface area (Å²) in [5.41, 5.74) is -0.148. The second kappa shape index (κ2) is 11.5. The summed E-state index contributed by atoms with van der Waals surface area (Å²) < 4.78 is 52.8. The van der Waals surface area contributed by atoms with E-state index in [0.29, 0.717) is 22.4 Å². The third kappa shape index (κ3) is 5.82. The van der Waals surface area contributed by atoms with E-state index in [1.807, 2.05) is 0 Å². The topological polar surface area (TPSA) is 109 Å². The van der Waals surface area contributed by atoms with Crippen LogP contribution in [0.25, 0.3) is 22.3 Å². The number of nitro groups is 1. The highest BCUT2D eigenvalue weighted by Crippen LogP contribution is 2.33. The maximum atomic E-state index is 13.5. The number of hydrogen-bond acceptors (Lipinski definition) is 7. The number of fused-ring (bicyclic) bond motifs is 1. The molecule has 0 bridgehead atoms. The minimum Gasteiger partial charge on any atom is -0.493 e. The average molecular weight is 575 g/mol. The Morgan fingerprint density at radius 2 is 1.74 bits per heavy atom. The Hall–Kier alpha value is -5.52. The fourth-order valence-electron chi connectivity index (χ4n) is 4.19. The predicted octanol–water partition coefficient (Wildman–Crippen LogP) is 6.46. The Morgan fingerprint density at radius 1 is 1.00 bits per heavy atom. The summed E-state index contributed by atoms with van der Waals surface area (Å²) in [7, 11) is 1.44. The highest BCUT2D eigenvalue weighted by Gasteiger charge is 2.31. The van der Waals surface area contributed by atoms with E-state index in [1.54, 1.807) is 54.6 Å². The number of nitro benzene ring substituents is 1. The van der Waals surface area contributed by atoms with Crippen molar-refractivity contribution in [2.45, 2.75) is 12.8 Å². The Bertz CT molecular complexity index is 1870. The summed E-state index contributed by atoms with van der Waals surface area (Å²) in [6.07, 6.45) is -3.28. The molecule has 9 nitrogen and oxygen atoms in total. The summed E-state index contributed by atoms with van der Waals surface area (Å²) in [4.78, 5) is 28.4. The molecular formula is C30H21F3N4O5. The van der Waals surface area contributed by atoms with Gasteiger partial charge in [-0.15, -0.1) is 0 Å². The summed E-state index contributed by atoms with van der Waals surface area (Å²) in [5.74, 6) is 0.532. The lowest BCUT2D eigenvalue weighted by atomic mass is 10.1. The Morgan fingerprint density at radius 3 is 2.45 bits per heavy atom. The van der Waals surface area contributed by atoms with Crippen molar-refractivity contribution in [1.82, 2.24) is 9.66 Å². The highest BCUT2D eigenvalue weighted by molar-refractivity contribution is 5.86. The van der Waals surface area contributed by atoms with Crippen LogP contribution < -0.4 is 15.0 Å². The first kappa shape index (κ1) is 28.0. The van der Waals surface area contributed by atoms with Crippen molar-refractivity contribution >= 4 is 22.8 Å². The molecule has 0 aliphatic rings. The number of aromatic nitrogens is 2. The summed E-state index contributed by atoms with van der Waals surface area (Å²) in [5, 5.41) is 15.5. The van der Waals surface area contributed by atoms with Gasteiger partial charge in [-0.2, -0.15) is 22.9 Å². The van der Waals surface area contributed by atoms with Crippen LogP contribution in [0.2, 0.25) is 0 Å². The fourth-order valence-corrected chi connectivity index (χ4v) is 4.19. The van der Waals surface area contributed by atoms with Crippen LogP contribution in [0.5, 0.6) is 11.5 Å². The normalized spacial score (nSPS) is 11.6. The second-order valence-corrected chi connectivity index (χ2v) is 8.98. The Kier molecular flexibility index (Phi) is 7.69. The molecule has 42 heavy (non-hydrogen) atoms. The number of benzene rings is 4. The average Bonchev–Trinajstić information content (AvgIpc) is 2.99. The van der Waals surface area contributed by atoms with Crippen LogP contribution in [-0.2, 0) is 12.8 Å². The largest absolute Gasteiger partial charge is 0.493 e. The predicted molar refractivity (Wildman–Crippen MR) is 150 cm³/mol. The van der Waals surface area contributed by atoms with Gasteiger partial charge in [-0.3, -0.25) is 14.9 Å². The zero-order valence-corrected chi connectivity index (χ0v) is 21.9. The summed E-state index contributed by atoms with van der Waals surface area (Å²) >= 11 is 0. The van der Waals surface area contributed by atoms with Gasteiger partial charge in [0, 0.05) is 23.3 Å². The van der Waals surface area contributed by atoms with Crippen LogP contribution in [0.1, 0.15) is 16.7 Å². The number of hydrogen-bond donors (Lipinski definition) is 0. The molecule has 5 aromatic rings. The Labute approximate surface area is 236 Å². The van der Waals surface area contributed by atoms with Crippen LogP contribution >= 0.6 is 0 Å². The molecule has 212 valence electrons. The molecule has 1 heterocycles. The minimum absolute atomic E-state index is 0.0339. The van der Waals surface area contributed by atoms with Crippen molar-refractivity contribution < 1.29 is 27.6 Å². The molecule has 0 spiro atoms. The van der Waals surface area contributed by atoms with Gasteiger partial charge in [0.25, 0.3) is 11.2 Å². The molecule has 0 unspecified atom stereocenters. The molecule has 0 fully saturated rings. The second-order valence-electron chi connectivity index (χ2n) is 8.98. The van der Waals surface area contributed by atoms with Crippen molar-refractivity contribution in [2.24, 2.45) is 5.10 Å². The van der Waals surface area contributed by atoms with E-state index >= 15 is 0 Å². The van der Waals surface area contributed by atoms with Gasteiger partial charge in [0.1, 0.15) is 6.61 Å².